The molecule has 0 saturated carbocycles. The summed E-state index contributed by atoms with van der Waals surface area (Å²) in [6.45, 7) is 5.40. The Hall–Kier alpha value is -1.51. The SMILES string of the molecule is C#CCC(CC)NS(=O)(=O)c1cc(C)cc(N)c1C. The first-order chi connectivity index (χ1) is 8.81. The third-order valence-electron chi connectivity index (χ3n) is 3.01. The van der Waals surface area contributed by atoms with Crippen LogP contribution in [0.25, 0.3) is 0 Å². The molecule has 19 heavy (non-hydrogen) atoms. The molecule has 1 rings (SSSR count). The van der Waals surface area contributed by atoms with E-state index in [9.17, 15) is 8.42 Å². The molecule has 1 unspecified atom stereocenters. The number of sulfonamides is 1. The number of nitrogen functional groups attached to an aromatic ring is 1. The Morgan fingerprint density at radius 3 is 2.58 bits per heavy atom. The lowest BCUT2D eigenvalue weighted by Crippen LogP contribution is -2.34. The van der Waals surface area contributed by atoms with Crippen LogP contribution in [-0.2, 0) is 10.0 Å². The van der Waals surface area contributed by atoms with Crippen molar-refractivity contribution < 1.29 is 8.42 Å². The largest absolute Gasteiger partial charge is 0.398 e. The zero-order valence-corrected chi connectivity index (χ0v) is 12.3. The second-order valence-electron chi connectivity index (χ2n) is 4.61. The number of rotatable bonds is 5. The van der Waals surface area contributed by atoms with Gasteiger partial charge in [0, 0.05) is 18.2 Å². The van der Waals surface area contributed by atoms with Gasteiger partial charge in [-0.05, 0) is 43.5 Å². The molecular weight excluding hydrogens is 260 g/mol. The molecule has 0 aliphatic rings. The number of nitrogens with one attached hydrogen (secondary N) is 1. The molecule has 3 N–H and O–H groups in total. The summed E-state index contributed by atoms with van der Waals surface area (Å²) in [6, 6.07) is 3.13. The fourth-order valence-electron chi connectivity index (χ4n) is 1.83. The molecule has 0 radical (unpaired) electrons. The summed E-state index contributed by atoms with van der Waals surface area (Å²) in [4.78, 5) is 0.223. The third-order valence-corrected chi connectivity index (χ3v) is 4.66. The standard InChI is InChI=1S/C14H20N2O2S/c1-5-7-12(6-2)16-19(17,18)14-9-10(3)8-13(15)11(14)4/h1,8-9,12,16H,6-7,15H2,2-4H3. The average molecular weight is 280 g/mol. The summed E-state index contributed by atoms with van der Waals surface area (Å²) in [6.07, 6.45) is 6.25. The fourth-order valence-corrected chi connectivity index (χ4v) is 3.50. The van der Waals surface area contributed by atoms with Crippen LogP contribution in [0, 0.1) is 26.2 Å². The highest BCUT2D eigenvalue weighted by atomic mass is 32.2. The molecule has 0 aliphatic heterocycles. The summed E-state index contributed by atoms with van der Waals surface area (Å²) < 4.78 is 27.4. The first kappa shape index (κ1) is 15.5. The topological polar surface area (TPSA) is 72.2 Å². The summed E-state index contributed by atoms with van der Waals surface area (Å²) in [5, 5.41) is 0. The monoisotopic (exact) mass is 280 g/mol. The van der Waals surface area contributed by atoms with Crippen molar-refractivity contribution in [3.63, 3.8) is 0 Å². The van der Waals surface area contributed by atoms with Gasteiger partial charge >= 0.3 is 0 Å². The van der Waals surface area contributed by atoms with Gasteiger partial charge in [-0.1, -0.05) is 6.92 Å². The van der Waals surface area contributed by atoms with Crippen LogP contribution in [0.15, 0.2) is 17.0 Å². The minimum atomic E-state index is -3.60. The Kier molecular flexibility index (Phi) is 4.98. The highest BCUT2D eigenvalue weighted by Crippen LogP contribution is 2.23. The molecule has 0 heterocycles. The molecular formula is C14H20N2O2S. The molecule has 0 bridgehead atoms. The van der Waals surface area contributed by atoms with E-state index >= 15 is 0 Å². The minimum Gasteiger partial charge on any atom is -0.398 e. The van der Waals surface area contributed by atoms with Gasteiger partial charge in [-0.3, -0.25) is 0 Å². The fraction of sp³-hybridized carbons (Fsp3) is 0.429. The van der Waals surface area contributed by atoms with Crippen molar-refractivity contribution >= 4 is 15.7 Å². The van der Waals surface area contributed by atoms with Crippen LogP contribution in [0.4, 0.5) is 5.69 Å². The van der Waals surface area contributed by atoms with Crippen LogP contribution < -0.4 is 10.5 Å². The smallest absolute Gasteiger partial charge is 0.241 e. The van der Waals surface area contributed by atoms with Crippen LogP contribution in [0.2, 0.25) is 0 Å². The van der Waals surface area contributed by atoms with E-state index in [-0.39, 0.29) is 10.9 Å². The summed E-state index contributed by atoms with van der Waals surface area (Å²) in [5.41, 5.74) is 7.67. The Labute approximate surface area is 115 Å². The van der Waals surface area contributed by atoms with Gasteiger partial charge in [0.2, 0.25) is 10.0 Å². The first-order valence-corrected chi connectivity index (χ1v) is 7.62. The van der Waals surface area contributed by atoms with E-state index in [2.05, 4.69) is 10.6 Å². The van der Waals surface area contributed by atoms with Crippen LogP contribution in [-0.4, -0.2) is 14.5 Å². The zero-order valence-electron chi connectivity index (χ0n) is 11.5. The number of hydrogen-bond acceptors (Lipinski definition) is 3. The Morgan fingerprint density at radius 1 is 1.42 bits per heavy atom. The van der Waals surface area contributed by atoms with Gasteiger partial charge in [0.1, 0.15) is 0 Å². The molecule has 0 fully saturated rings. The molecule has 1 aromatic carbocycles. The number of benzene rings is 1. The molecule has 1 aromatic rings. The van der Waals surface area contributed by atoms with Crippen molar-refractivity contribution in [1.82, 2.24) is 4.72 Å². The van der Waals surface area contributed by atoms with Crippen molar-refractivity contribution in [2.45, 2.75) is 44.6 Å². The van der Waals surface area contributed by atoms with Gasteiger partial charge in [0.05, 0.1) is 4.90 Å². The van der Waals surface area contributed by atoms with Crippen molar-refractivity contribution in [2.75, 3.05) is 5.73 Å². The maximum Gasteiger partial charge on any atom is 0.241 e. The molecule has 0 saturated heterocycles. The van der Waals surface area contributed by atoms with Crippen LogP contribution in [0.1, 0.15) is 30.9 Å². The average Bonchev–Trinajstić information content (AvgIpc) is 2.32. The van der Waals surface area contributed by atoms with E-state index in [4.69, 9.17) is 12.2 Å². The molecule has 4 nitrogen and oxygen atoms in total. The highest BCUT2D eigenvalue weighted by molar-refractivity contribution is 7.89. The van der Waals surface area contributed by atoms with Crippen molar-refractivity contribution in [3.05, 3.63) is 23.3 Å². The number of hydrogen-bond donors (Lipinski definition) is 2. The van der Waals surface area contributed by atoms with Crippen LogP contribution in [0.5, 0.6) is 0 Å². The molecule has 0 aliphatic carbocycles. The van der Waals surface area contributed by atoms with Gasteiger partial charge in [0.15, 0.2) is 0 Å². The predicted octanol–water partition coefficient (Wildman–Crippen LogP) is 1.97. The van der Waals surface area contributed by atoms with E-state index in [0.29, 0.717) is 24.1 Å². The normalized spacial score (nSPS) is 12.9. The van der Waals surface area contributed by atoms with Crippen LogP contribution in [0.3, 0.4) is 0 Å². The maximum atomic E-state index is 12.4. The van der Waals surface area contributed by atoms with E-state index in [1.165, 1.54) is 0 Å². The molecule has 104 valence electrons. The maximum absolute atomic E-state index is 12.4. The molecule has 0 amide bonds. The molecule has 5 heteroatoms. The number of nitrogens with two attached hydrogens (primary N) is 1. The Morgan fingerprint density at radius 2 is 2.05 bits per heavy atom. The molecule has 0 spiro atoms. The summed E-state index contributed by atoms with van der Waals surface area (Å²) >= 11 is 0. The lowest BCUT2D eigenvalue weighted by Gasteiger charge is -2.17. The third kappa shape index (κ3) is 3.72. The highest BCUT2D eigenvalue weighted by Gasteiger charge is 2.21. The second-order valence-corrected chi connectivity index (χ2v) is 6.29. The number of terminal acetylenes is 1. The molecule has 1 atom stereocenters. The lowest BCUT2D eigenvalue weighted by molar-refractivity contribution is 0.543. The van der Waals surface area contributed by atoms with Gasteiger partial charge in [0.25, 0.3) is 0 Å². The summed E-state index contributed by atoms with van der Waals surface area (Å²) in [7, 11) is -3.60. The van der Waals surface area contributed by atoms with Gasteiger partial charge < -0.3 is 5.73 Å². The van der Waals surface area contributed by atoms with Gasteiger partial charge in [-0.2, -0.15) is 0 Å². The van der Waals surface area contributed by atoms with Gasteiger partial charge in [-0.15, -0.1) is 12.3 Å². The Balaban J connectivity index is 3.18. The van der Waals surface area contributed by atoms with E-state index in [0.717, 1.165) is 5.56 Å². The van der Waals surface area contributed by atoms with Crippen molar-refractivity contribution in [3.8, 4) is 12.3 Å². The van der Waals surface area contributed by atoms with Gasteiger partial charge in [-0.25, -0.2) is 13.1 Å². The van der Waals surface area contributed by atoms with E-state index in [1.807, 2.05) is 13.8 Å². The lowest BCUT2D eigenvalue weighted by atomic mass is 10.1. The Bertz CT molecular complexity index is 601. The number of anilines is 1. The van der Waals surface area contributed by atoms with E-state index in [1.54, 1.807) is 19.1 Å². The number of aryl methyl sites for hydroxylation is 1. The van der Waals surface area contributed by atoms with Crippen LogP contribution >= 0.6 is 0 Å². The summed E-state index contributed by atoms with van der Waals surface area (Å²) in [5.74, 6) is 2.48. The first-order valence-electron chi connectivity index (χ1n) is 6.14. The quantitative estimate of drug-likeness (QED) is 0.640. The predicted molar refractivity (Wildman–Crippen MR) is 78.2 cm³/mol. The van der Waals surface area contributed by atoms with Crippen molar-refractivity contribution in [2.24, 2.45) is 0 Å². The minimum absolute atomic E-state index is 0.223. The zero-order chi connectivity index (χ0) is 14.6. The van der Waals surface area contributed by atoms with Crippen molar-refractivity contribution in [1.29, 1.82) is 0 Å². The second kappa shape index (κ2) is 6.09. The van der Waals surface area contributed by atoms with E-state index < -0.39 is 10.0 Å². The molecule has 0 aromatic heterocycles.